The first kappa shape index (κ1) is 23.5. The van der Waals surface area contributed by atoms with E-state index in [0.717, 1.165) is 18.0 Å². The maximum absolute atomic E-state index is 12.9. The van der Waals surface area contributed by atoms with Crippen molar-refractivity contribution in [3.8, 4) is 0 Å². The lowest BCUT2D eigenvalue weighted by Gasteiger charge is -2.31. The van der Waals surface area contributed by atoms with E-state index in [4.69, 9.17) is 0 Å². The lowest BCUT2D eigenvalue weighted by Crippen LogP contribution is -2.47. The van der Waals surface area contributed by atoms with Gasteiger partial charge in [0.2, 0.25) is 11.9 Å². The molecule has 0 bridgehead atoms. The van der Waals surface area contributed by atoms with Crippen LogP contribution in [-0.4, -0.2) is 44.7 Å². The molecule has 2 N–H and O–H groups in total. The summed E-state index contributed by atoms with van der Waals surface area (Å²) < 4.78 is 40.3. The summed E-state index contributed by atoms with van der Waals surface area (Å²) in [5.74, 6) is -1.31. The maximum atomic E-state index is 12.9. The molecule has 2 aromatic rings. The number of anilines is 1. The summed E-state index contributed by atoms with van der Waals surface area (Å²) in [6.45, 7) is 8.38. The molecule has 0 radical (unpaired) electrons. The zero-order valence-corrected chi connectivity index (χ0v) is 18.3. The van der Waals surface area contributed by atoms with E-state index >= 15 is 0 Å². The number of hydrazine groups is 1. The van der Waals surface area contributed by atoms with Crippen LogP contribution in [0.4, 0.5) is 19.1 Å². The van der Waals surface area contributed by atoms with E-state index in [1.165, 1.54) is 0 Å². The molecule has 0 atom stereocenters. The Balaban J connectivity index is 1.52. The third kappa shape index (κ3) is 5.35. The summed E-state index contributed by atoms with van der Waals surface area (Å²) in [6, 6.07) is 2.46. The average Bonchev–Trinajstić information content (AvgIpc) is 3.13. The topological polar surface area (TPSA) is 105 Å². The van der Waals surface area contributed by atoms with Gasteiger partial charge in [0.25, 0.3) is 5.91 Å². The highest BCUT2D eigenvalue weighted by atomic mass is 19.4. The second-order valence-electron chi connectivity index (χ2n) is 8.70. The zero-order valence-electron chi connectivity index (χ0n) is 18.3. The van der Waals surface area contributed by atoms with Crippen molar-refractivity contribution in [2.75, 3.05) is 18.0 Å². The van der Waals surface area contributed by atoms with E-state index in [-0.39, 0.29) is 23.1 Å². The number of piperidine rings is 1. The molecule has 12 heteroatoms. The Morgan fingerprint density at radius 2 is 1.78 bits per heavy atom. The van der Waals surface area contributed by atoms with Crippen LogP contribution in [0.3, 0.4) is 0 Å². The molecule has 3 heterocycles. The molecule has 1 fully saturated rings. The van der Waals surface area contributed by atoms with Crippen LogP contribution in [0.5, 0.6) is 0 Å². The number of hydrogen-bond donors (Lipinski definition) is 2. The van der Waals surface area contributed by atoms with Gasteiger partial charge in [-0.25, -0.2) is 9.97 Å². The monoisotopic (exact) mass is 453 g/mol. The molecule has 9 nitrogen and oxygen atoms in total. The van der Waals surface area contributed by atoms with Crippen LogP contribution in [-0.2, 0) is 16.5 Å². The van der Waals surface area contributed by atoms with Crippen LogP contribution in [0.2, 0.25) is 0 Å². The van der Waals surface area contributed by atoms with E-state index in [1.807, 2.05) is 27.7 Å². The summed E-state index contributed by atoms with van der Waals surface area (Å²) in [6.07, 6.45) is -2.70. The maximum Gasteiger partial charge on any atom is 0.433 e. The number of rotatable bonds is 3. The van der Waals surface area contributed by atoms with Crippen molar-refractivity contribution < 1.29 is 22.8 Å². The summed E-state index contributed by atoms with van der Waals surface area (Å²) in [5, 5.41) is 4.29. The van der Waals surface area contributed by atoms with Gasteiger partial charge in [-0.15, -0.1) is 0 Å². The number of nitrogens with one attached hydrogen (secondary N) is 2. The van der Waals surface area contributed by atoms with Crippen molar-refractivity contribution in [2.24, 2.45) is 5.92 Å². The van der Waals surface area contributed by atoms with Crippen LogP contribution < -0.4 is 15.8 Å². The predicted molar refractivity (Wildman–Crippen MR) is 110 cm³/mol. The smallest absolute Gasteiger partial charge is 0.341 e. The molecular formula is C20H26F3N7O2. The first-order valence-electron chi connectivity index (χ1n) is 10.2. The zero-order chi connectivity index (χ0) is 23.7. The third-order valence-electron chi connectivity index (χ3n) is 5.14. The van der Waals surface area contributed by atoms with Gasteiger partial charge in [-0.2, -0.15) is 18.3 Å². The first-order chi connectivity index (χ1) is 14.9. The number of halogens is 3. The van der Waals surface area contributed by atoms with Gasteiger partial charge in [-0.05, 0) is 52.7 Å². The molecule has 2 amide bonds. The minimum Gasteiger partial charge on any atom is -0.341 e. The van der Waals surface area contributed by atoms with Crippen LogP contribution in [0.25, 0.3) is 0 Å². The van der Waals surface area contributed by atoms with Crippen molar-refractivity contribution in [3.63, 3.8) is 0 Å². The lowest BCUT2D eigenvalue weighted by atomic mass is 9.96. The largest absolute Gasteiger partial charge is 0.433 e. The Hall–Kier alpha value is -3.18. The number of carbonyl (C=O) groups is 2. The summed E-state index contributed by atoms with van der Waals surface area (Å²) in [4.78, 5) is 33.9. The Kier molecular flexibility index (Phi) is 6.42. The molecular weight excluding hydrogens is 427 g/mol. The van der Waals surface area contributed by atoms with Gasteiger partial charge in [0.1, 0.15) is 5.69 Å². The highest BCUT2D eigenvalue weighted by molar-refractivity contribution is 5.94. The minimum absolute atomic E-state index is 0.0169. The fourth-order valence-electron chi connectivity index (χ4n) is 3.55. The molecule has 0 aliphatic carbocycles. The standard InChI is InChI=1S/C20H26F3N7O2/c1-12-11-14(28-30(12)19(2,3)4)17(32)27-26-16(31)13-6-9-29(10-7-13)18-24-8-5-15(25-18)20(21,22)23/h5,8,11,13H,6-7,9-10H2,1-4H3,(H,26,31)(H,27,32). The van der Waals surface area contributed by atoms with Crippen LogP contribution in [0, 0.1) is 12.8 Å². The van der Waals surface area contributed by atoms with Crippen LogP contribution in [0.15, 0.2) is 18.3 Å². The molecule has 1 saturated heterocycles. The molecule has 1 aliphatic heterocycles. The summed E-state index contributed by atoms with van der Waals surface area (Å²) in [7, 11) is 0. The van der Waals surface area contributed by atoms with Crippen molar-refractivity contribution >= 4 is 17.8 Å². The molecule has 3 rings (SSSR count). The van der Waals surface area contributed by atoms with E-state index < -0.39 is 23.7 Å². The molecule has 0 unspecified atom stereocenters. The number of amides is 2. The van der Waals surface area contributed by atoms with E-state index in [0.29, 0.717) is 25.9 Å². The van der Waals surface area contributed by atoms with Gasteiger partial charge in [-0.3, -0.25) is 25.1 Å². The van der Waals surface area contributed by atoms with Crippen LogP contribution in [0.1, 0.15) is 55.5 Å². The predicted octanol–water partition coefficient (Wildman–Crippen LogP) is 2.43. The van der Waals surface area contributed by atoms with Gasteiger partial charge in [0.05, 0.1) is 5.54 Å². The number of aryl methyl sites for hydroxylation is 1. The molecule has 0 saturated carbocycles. The normalized spacial score (nSPS) is 15.5. The SMILES string of the molecule is Cc1cc(C(=O)NNC(=O)C2CCN(c3nccc(C(F)(F)F)n3)CC2)nn1C(C)(C)C. The van der Waals surface area contributed by atoms with Gasteiger partial charge < -0.3 is 4.90 Å². The van der Waals surface area contributed by atoms with Gasteiger partial charge >= 0.3 is 6.18 Å². The van der Waals surface area contributed by atoms with E-state index in [2.05, 4.69) is 25.9 Å². The van der Waals surface area contributed by atoms with Crippen molar-refractivity contribution in [1.29, 1.82) is 0 Å². The number of nitrogens with zero attached hydrogens (tertiary/aromatic N) is 5. The molecule has 0 aromatic carbocycles. The van der Waals surface area contributed by atoms with E-state index in [1.54, 1.807) is 15.6 Å². The highest BCUT2D eigenvalue weighted by Gasteiger charge is 2.34. The Labute approximate surface area is 183 Å². The highest BCUT2D eigenvalue weighted by Crippen LogP contribution is 2.29. The molecule has 32 heavy (non-hydrogen) atoms. The molecule has 1 aliphatic rings. The van der Waals surface area contributed by atoms with Crippen molar-refractivity contribution in [1.82, 2.24) is 30.6 Å². The van der Waals surface area contributed by atoms with Crippen molar-refractivity contribution in [2.45, 2.75) is 52.3 Å². The Morgan fingerprint density at radius 1 is 1.12 bits per heavy atom. The Morgan fingerprint density at radius 3 is 2.34 bits per heavy atom. The van der Waals surface area contributed by atoms with Crippen molar-refractivity contribution in [3.05, 3.63) is 35.4 Å². The number of aromatic nitrogens is 4. The van der Waals surface area contributed by atoms with Gasteiger partial charge in [0, 0.05) is 30.9 Å². The van der Waals surface area contributed by atoms with Gasteiger partial charge in [0.15, 0.2) is 5.69 Å². The molecule has 0 spiro atoms. The van der Waals surface area contributed by atoms with E-state index in [9.17, 15) is 22.8 Å². The lowest BCUT2D eigenvalue weighted by molar-refractivity contribution is -0.141. The van der Waals surface area contributed by atoms with Crippen LogP contribution >= 0.6 is 0 Å². The Bertz CT molecular complexity index is 990. The molecule has 2 aromatic heterocycles. The minimum atomic E-state index is -4.55. The summed E-state index contributed by atoms with van der Waals surface area (Å²) in [5.41, 5.74) is 4.51. The number of hydrogen-bond acceptors (Lipinski definition) is 6. The average molecular weight is 453 g/mol. The fraction of sp³-hybridized carbons (Fsp3) is 0.550. The molecule has 174 valence electrons. The number of alkyl halides is 3. The quantitative estimate of drug-likeness (QED) is 0.692. The number of carbonyl (C=O) groups excluding carboxylic acids is 2. The fourth-order valence-corrected chi connectivity index (χ4v) is 3.55. The first-order valence-corrected chi connectivity index (χ1v) is 10.2. The second-order valence-corrected chi connectivity index (χ2v) is 8.70. The summed E-state index contributed by atoms with van der Waals surface area (Å²) >= 11 is 0. The van der Waals surface area contributed by atoms with Gasteiger partial charge in [-0.1, -0.05) is 0 Å². The second kappa shape index (κ2) is 8.75. The third-order valence-corrected chi connectivity index (χ3v) is 5.14.